The number of rotatable bonds is 5. The van der Waals surface area contributed by atoms with E-state index in [-0.39, 0.29) is 6.54 Å². The van der Waals surface area contributed by atoms with E-state index in [4.69, 9.17) is 5.73 Å². The van der Waals surface area contributed by atoms with Gasteiger partial charge in [0.25, 0.3) is 0 Å². The highest BCUT2D eigenvalue weighted by molar-refractivity contribution is 7.89. The molecule has 0 aliphatic carbocycles. The minimum absolute atomic E-state index is 0.135. The third-order valence-corrected chi connectivity index (χ3v) is 4.05. The van der Waals surface area contributed by atoms with Crippen LogP contribution in [0.5, 0.6) is 0 Å². The number of nitrogens with one attached hydrogen (secondary N) is 2. The molecule has 0 radical (unpaired) electrons. The Bertz CT molecular complexity index is 701. The van der Waals surface area contributed by atoms with Gasteiger partial charge in [-0.1, -0.05) is 0 Å². The maximum Gasteiger partial charge on any atom is 0.243 e. The zero-order chi connectivity index (χ0) is 14.8. The Kier molecular flexibility index (Phi) is 4.12. The monoisotopic (exact) mass is 302 g/mol. The predicted molar refractivity (Wildman–Crippen MR) is 66.9 cm³/mol. The summed E-state index contributed by atoms with van der Waals surface area (Å²) in [7, 11) is -4.12. The van der Waals surface area contributed by atoms with Crippen molar-refractivity contribution in [3.8, 4) is 0 Å². The molecule has 1 aromatic carbocycles. The number of nitrogens with two attached hydrogens (primary N) is 1. The first-order chi connectivity index (χ1) is 9.45. The molecule has 0 unspecified atom stereocenters. The molecule has 6 nitrogen and oxygen atoms in total. The van der Waals surface area contributed by atoms with Crippen LogP contribution in [0.2, 0.25) is 0 Å². The summed E-state index contributed by atoms with van der Waals surface area (Å²) in [6, 6.07) is 1.72. The second-order valence-corrected chi connectivity index (χ2v) is 5.64. The molecule has 0 fully saturated rings. The summed E-state index contributed by atoms with van der Waals surface area (Å²) in [5, 5.41) is 0. The van der Waals surface area contributed by atoms with Crippen molar-refractivity contribution >= 4 is 10.0 Å². The number of H-pyrrole nitrogens is 1. The van der Waals surface area contributed by atoms with E-state index in [0.29, 0.717) is 5.82 Å². The first kappa shape index (κ1) is 14.6. The molecule has 2 rings (SSSR count). The first-order valence-electron chi connectivity index (χ1n) is 5.60. The van der Waals surface area contributed by atoms with Crippen molar-refractivity contribution in [1.82, 2.24) is 14.7 Å². The van der Waals surface area contributed by atoms with Gasteiger partial charge in [-0.3, -0.25) is 0 Å². The van der Waals surface area contributed by atoms with E-state index in [1.165, 1.54) is 12.4 Å². The molecule has 1 aromatic heterocycles. The van der Waals surface area contributed by atoms with Crippen molar-refractivity contribution in [3.63, 3.8) is 0 Å². The predicted octanol–water partition coefficient (Wildman–Crippen LogP) is 0.625. The lowest BCUT2D eigenvalue weighted by molar-refractivity contribution is 0.525. The van der Waals surface area contributed by atoms with Gasteiger partial charge in [0, 0.05) is 24.5 Å². The van der Waals surface area contributed by atoms with E-state index >= 15 is 0 Å². The van der Waals surface area contributed by atoms with Gasteiger partial charge >= 0.3 is 0 Å². The number of hydrogen-bond acceptors (Lipinski definition) is 4. The molecule has 1 heterocycles. The first-order valence-corrected chi connectivity index (χ1v) is 7.09. The molecule has 0 atom stereocenters. The zero-order valence-electron chi connectivity index (χ0n) is 10.2. The van der Waals surface area contributed by atoms with Gasteiger partial charge in [0.2, 0.25) is 10.0 Å². The number of nitrogens with zero attached hydrogens (tertiary/aromatic N) is 1. The summed E-state index contributed by atoms with van der Waals surface area (Å²) in [4.78, 5) is 5.88. The summed E-state index contributed by atoms with van der Waals surface area (Å²) in [5.74, 6) is -1.69. The van der Waals surface area contributed by atoms with Crippen LogP contribution in [0.25, 0.3) is 0 Å². The van der Waals surface area contributed by atoms with Crippen LogP contribution >= 0.6 is 0 Å². The topological polar surface area (TPSA) is 101 Å². The quantitative estimate of drug-likeness (QED) is 0.754. The third kappa shape index (κ3) is 2.84. The molecular weight excluding hydrogens is 290 g/mol. The molecule has 0 spiro atoms. The number of aromatic amines is 1. The number of halogens is 2. The number of sulfonamides is 1. The van der Waals surface area contributed by atoms with Gasteiger partial charge in [0.05, 0.1) is 6.54 Å². The Labute approximate surface area is 114 Å². The van der Waals surface area contributed by atoms with E-state index in [1.54, 1.807) is 0 Å². The average molecular weight is 302 g/mol. The number of hydrogen-bond donors (Lipinski definition) is 3. The Morgan fingerprint density at radius 3 is 2.70 bits per heavy atom. The lowest BCUT2D eigenvalue weighted by Crippen LogP contribution is -2.25. The standard InChI is InChI=1S/C11H12F2N4O2S/c12-8-1-2-9(11(13)7(8)5-14)20(18,19)17-6-10-15-3-4-16-10/h1-4,17H,5-6,14H2,(H,15,16). The third-order valence-electron chi connectivity index (χ3n) is 2.63. The highest BCUT2D eigenvalue weighted by Crippen LogP contribution is 2.20. The van der Waals surface area contributed by atoms with Gasteiger partial charge < -0.3 is 10.7 Å². The Hall–Kier alpha value is -1.84. The molecule has 0 saturated carbocycles. The van der Waals surface area contributed by atoms with Crippen LogP contribution in [-0.2, 0) is 23.1 Å². The minimum atomic E-state index is -4.12. The highest BCUT2D eigenvalue weighted by Gasteiger charge is 2.23. The molecule has 4 N–H and O–H groups in total. The lowest BCUT2D eigenvalue weighted by Gasteiger charge is -2.09. The molecule has 20 heavy (non-hydrogen) atoms. The number of imidazole rings is 1. The normalized spacial score (nSPS) is 11.8. The van der Waals surface area contributed by atoms with E-state index < -0.39 is 38.7 Å². The van der Waals surface area contributed by atoms with E-state index in [2.05, 4.69) is 14.7 Å². The molecule has 108 valence electrons. The van der Waals surface area contributed by atoms with Crippen LogP contribution < -0.4 is 10.5 Å². The van der Waals surface area contributed by atoms with E-state index in [1.807, 2.05) is 0 Å². The van der Waals surface area contributed by atoms with Crippen LogP contribution in [-0.4, -0.2) is 18.4 Å². The van der Waals surface area contributed by atoms with Crippen molar-refractivity contribution in [2.45, 2.75) is 18.0 Å². The van der Waals surface area contributed by atoms with Crippen LogP contribution in [0.4, 0.5) is 8.78 Å². The maximum atomic E-state index is 13.9. The zero-order valence-corrected chi connectivity index (χ0v) is 11.0. The van der Waals surface area contributed by atoms with Gasteiger partial charge in [-0.15, -0.1) is 0 Å². The molecule has 0 aliphatic heterocycles. The fraction of sp³-hybridized carbons (Fsp3) is 0.182. The largest absolute Gasteiger partial charge is 0.347 e. The van der Waals surface area contributed by atoms with E-state index in [0.717, 1.165) is 12.1 Å². The Morgan fingerprint density at radius 1 is 1.35 bits per heavy atom. The molecular formula is C11H12F2N4O2S. The molecule has 0 bridgehead atoms. The number of benzene rings is 1. The van der Waals surface area contributed by atoms with Crippen molar-refractivity contribution < 1.29 is 17.2 Å². The van der Waals surface area contributed by atoms with Crippen molar-refractivity contribution in [2.75, 3.05) is 0 Å². The van der Waals surface area contributed by atoms with Crippen LogP contribution in [0.3, 0.4) is 0 Å². The van der Waals surface area contributed by atoms with Crippen molar-refractivity contribution in [3.05, 3.63) is 47.5 Å². The van der Waals surface area contributed by atoms with Crippen molar-refractivity contribution in [1.29, 1.82) is 0 Å². The van der Waals surface area contributed by atoms with Gasteiger partial charge in [0.1, 0.15) is 16.5 Å². The SMILES string of the molecule is NCc1c(F)ccc(S(=O)(=O)NCc2ncc[nH]2)c1F. The van der Waals surface area contributed by atoms with Gasteiger partial charge in [0.15, 0.2) is 5.82 Å². The molecule has 9 heteroatoms. The fourth-order valence-electron chi connectivity index (χ4n) is 1.61. The molecule has 0 amide bonds. The maximum absolute atomic E-state index is 13.9. The Balaban J connectivity index is 2.30. The molecule has 0 saturated heterocycles. The van der Waals surface area contributed by atoms with Crippen molar-refractivity contribution in [2.24, 2.45) is 5.73 Å². The lowest BCUT2D eigenvalue weighted by atomic mass is 10.2. The highest BCUT2D eigenvalue weighted by atomic mass is 32.2. The van der Waals surface area contributed by atoms with Crippen LogP contribution in [0.15, 0.2) is 29.4 Å². The second kappa shape index (κ2) is 5.65. The average Bonchev–Trinajstić information content (AvgIpc) is 2.90. The minimum Gasteiger partial charge on any atom is -0.347 e. The van der Waals surface area contributed by atoms with Gasteiger partial charge in [-0.2, -0.15) is 0 Å². The fourth-order valence-corrected chi connectivity index (χ4v) is 2.70. The second-order valence-electron chi connectivity index (χ2n) is 3.90. The van der Waals surface area contributed by atoms with Crippen LogP contribution in [0, 0.1) is 11.6 Å². The Morgan fingerprint density at radius 2 is 2.10 bits per heavy atom. The van der Waals surface area contributed by atoms with E-state index in [9.17, 15) is 17.2 Å². The summed E-state index contributed by atoms with van der Waals surface area (Å²) < 4.78 is 53.3. The van der Waals surface area contributed by atoms with Crippen LogP contribution in [0.1, 0.15) is 11.4 Å². The summed E-state index contributed by atoms with van der Waals surface area (Å²) >= 11 is 0. The smallest absolute Gasteiger partial charge is 0.243 e. The summed E-state index contributed by atoms with van der Waals surface area (Å²) in [6.07, 6.45) is 2.98. The molecule has 0 aliphatic rings. The number of aromatic nitrogens is 2. The van der Waals surface area contributed by atoms with Gasteiger partial charge in [-0.25, -0.2) is 26.9 Å². The van der Waals surface area contributed by atoms with Gasteiger partial charge in [-0.05, 0) is 12.1 Å². The summed E-state index contributed by atoms with van der Waals surface area (Å²) in [5.41, 5.74) is 4.74. The molecule has 2 aromatic rings. The summed E-state index contributed by atoms with van der Waals surface area (Å²) in [6.45, 7) is -0.566.